The lowest BCUT2D eigenvalue weighted by Gasteiger charge is -2.01. The molecule has 0 bridgehead atoms. The highest BCUT2D eigenvalue weighted by molar-refractivity contribution is 5.95. The minimum atomic E-state index is -0.183. The monoisotopic (exact) mass is 233 g/mol. The molecule has 2 aromatic rings. The van der Waals surface area contributed by atoms with Crippen molar-refractivity contribution in [3.05, 3.63) is 36.1 Å². The number of hydrogen-bond acceptors (Lipinski definition) is 3. The molecule has 1 amide bonds. The second kappa shape index (κ2) is 5.50. The third kappa shape index (κ3) is 2.85. The molecule has 0 aliphatic rings. The molecule has 0 fully saturated rings. The number of fused-ring (bicyclic) bond motifs is 1. The summed E-state index contributed by atoms with van der Waals surface area (Å²) in [5.41, 5.74) is 0.731. The number of methoxy groups -OCH3 is 1. The third-order valence-corrected chi connectivity index (χ3v) is 2.46. The largest absolute Gasteiger partial charge is 0.451 e. The molecule has 0 aliphatic heterocycles. The SMILES string of the molecule is COCCCNC(=O)c1cc2ccccc2o1. The van der Waals surface area contributed by atoms with Gasteiger partial charge in [-0.1, -0.05) is 18.2 Å². The molecule has 0 radical (unpaired) electrons. The molecule has 4 heteroatoms. The summed E-state index contributed by atoms with van der Waals surface area (Å²) < 4.78 is 10.3. The van der Waals surface area contributed by atoms with E-state index in [0.29, 0.717) is 18.9 Å². The first-order valence-electron chi connectivity index (χ1n) is 5.57. The molecule has 0 saturated carbocycles. The highest BCUT2D eigenvalue weighted by Gasteiger charge is 2.10. The zero-order chi connectivity index (χ0) is 12.1. The van der Waals surface area contributed by atoms with E-state index in [9.17, 15) is 4.79 Å². The highest BCUT2D eigenvalue weighted by Crippen LogP contribution is 2.18. The smallest absolute Gasteiger partial charge is 0.287 e. The molecular formula is C13H15NO3. The Hall–Kier alpha value is -1.81. The fraction of sp³-hybridized carbons (Fsp3) is 0.308. The molecule has 0 unspecified atom stereocenters. The van der Waals surface area contributed by atoms with Crippen molar-refractivity contribution in [2.45, 2.75) is 6.42 Å². The second-order valence-electron chi connectivity index (χ2n) is 3.75. The summed E-state index contributed by atoms with van der Waals surface area (Å²) in [6.07, 6.45) is 0.794. The average molecular weight is 233 g/mol. The Bertz CT molecular complexity index is 471. The van der Waals surface area contributed by atoms with Gasteiger partial charge in [-0.25, -0.2) is 0 Å². The zero-order valence-electron chi connectivity index (χ0n) is 9.73. The minimum Gasteiger partial charge on any atom is -0.451 e. The standard InChI is InChI=1S/C13H15NO3/c1-16-8-4-7-14-13(15)12-9-10-5-2-3-6-11(10)17-12/h2-3,5-6,9H,4,7-8H2,1H3,(H,14,15). The number of amides is 1. The van der Waals surface area contributed by atoms with Crippen LogP contribution >= 0.6 is 0 Å². The molecular weight excluding hydrogens is 218 g/mol. The summed E-state index contributed by atoms with van der Waals surface area (Å²) in [4.78, 5) is 11.7. The maximum Gasteiger partial charge on any atom is 0.287 e. The summed E-state index contributed by atoms with van der Waals surface area (Å²) in [7, 11) is 1.64. The van der Waals surface area contributed by atoms with Gasteiger partial charge in [-0.15, -0.1) is 0 Å². The van der Waals surface area contributed by atoms with Gasteiger partial charge in [0.2, 0.25) is 0 Å². The third-order valence-electron chi connectivity index (χ3n) is 2.46. The van der Waals surface area contributed by atoms with Crippen LogP contribution in [-0.2, 0) is 4.74 Å². The van der Waals surface area contributed by atoms with Crippen molar-refractivity contribution in [2.75, 3.05) is 20.3 Å². The lowest BCUT2D eigenvalue weighted by Crippen LogP contribution is -2.24. The summed E-state index contributed by atoms with van der Waals surface area (Å²) in [6.45, 7) is 1.23. The number of para-hydroxylation sites is 1. The quantitative estimate of drug-likeness (QED) is 0.805. The van der Waals surface area contributed by atoms with Gasteiger partial charge in [0.1, 0.15) is 5.58 Å². The van der Waals surface area contributed by atoms with E-state index in [0.717, 1.165) is 17.4 Å². The van der Waals surface area contributed by atoms with Gasteiger partial charge in [0.25, 0.3) is 5.91 Å². The number of carbonyl (C=O) groups is 1. The Morgan fingerprint density at radius 1 is 1.41 bits per heavy atom. The van der Waals surface area contributed by atoms with E-state index in [-0.39, 0.29) is 5.91 Å². The molecule has 1 aromatic carbocycles. The first-order valence-corrected chi connectivity index (χ1v) is 5.57. The van der Waals surface area contributed by atoms with Crippen LogP contribution in [0, 0.1) is 0 Å². The van der Waals surface area contributed by atoms with E-state index < -0.39 is 0 Å². The number of rotatable bonds is 5. The van der Waals surface area contributed by atoms with Crippen molar-refractivity contribution < 1.29 is 13.9 Å². The molecule has 0 spiro atoms. The first kappa shape index (κ1) is 11.7. The van der Waals surface area contributed by atoms with E-state index in [4.69, 9.17) is 9.15 Å². The predicted octanol–water partition coefficient (Wildman–Crippen LogP) is 2.20. The molecule has 1 heterocycles. The topological polar surface area (TPSA) is 51.5 Å². The first-order chi connectivity index (χ1) is 8.31. The van der Waals surface area contributed by atoms with Crippen LogP contribution in [0.2, 0.25) is 0 Å². The molecule has 17 heavy (non-hydrogen) atoms. The Kier molecular flexibility index (Phi) is 3.77. The van der Waals surface area contributed by atoms with Gasteiger partial charge in [-0.2, -0.15) is 0 Å². The van der Waals surface area contributed by atoms with Crippen molar-refractivity contribution in [2.24, 2.45) is 0 Å². The van der Waals surface area contributed by atoms with Crippen molar-refractivity contribution in [1.29, 1.82) is 0 Å². The summed E-state index contributed by atoms with van der Waals surface area (Å²) in [6, 6.07) is 9.31. The van der Waals surface area contributed by atoms with Gasteiger partial charge in [-0.05, 0) is 18.6 Å². The van der Waals surface area contributed by atoms with E-state index in [2.05, 4.69) is 5.32 Å². The number of carbonyl (C=O) groups excluding carboxylic acids is 1. The highest BCUT2D eigenvalue weighted by atomic mass is 16.5. The van der Waals surface area contributed by atoms with Gasteiger partial charge >= 0.3 is 0 Å². The number of furan rings is 1. The number of benzene rings is 1. The van der Waals surface area contributed by atoms with Crippen LogP contribution in [0.15, 0.2) is 34.7 Å². The molecule has 4 nitrogen and oxygen atoms in total. The van der Waals surface area contributed by atoms with Crippen LogP contribution in [0.25, 0.3) is 11.0 Å². The molecule has 2 rings (SSSR count). The Balaban J connectivity index is 1.99. The van der Waals surface area contributed by atoms with Crippen LogP contribution < -0.4 is 5.32 Å². The predicted molar refractivity (Wildman–Crippen MR) is 65.0 cm³/mol. The van der Waals surface area contributed by atoms with Gasteiger partial charge < -0.3 is 14.5 Å². The maximum absolute atomic E-state index is 11.7. The molecule has 0 aliphatic carbocycles. The fourth-order valence-electron chi connectivity index (χ4n) is 1.60. The molecule has 0 saturated heterocycles. The Labute approximate surface area is 99.6 Å². The maximum atomic E-state index is 11.7. The summed E-state index contributed by atoms with van der Waals surface area (Å²) in [5.74, 6) is 0.168. The van der Waals surface area contributed by atoms with Gasteiger partial charge in [0.15, 0.2) is 5.76 Å². The van der Waals surface area contributed by atoms with Crippen molar-refractivity contribution >= 4 is 16.9 Å². The molecule has 1 aromatic heterocycles. The van der Waals surface area contributed by atoms with Crippen LogP contribution in [0.4, 0.5) is 0 Å². The number of hydrogen-bond donors (Lipinski definition) is 1. The normalized spacial score (nSPS) is 10.6. The van der Waals surface area contributed by atoms with E-state index in [1.54, 1.807) is 13.2 Å². The Morgan fingerprint density at radius 3 is 3.00 bits per heavy atom. The van der Waals surface area contributed by atoms with E-state index in [1.807, 2.05) is 24.3 Å². The second-order valence-corrected chi connectivity index (χ2v) is 3.75. The van der Waals surface area contributed by atoms with Crippen molar-refractivity contribution in [3.8, 4) is 0 Å². The van der Waals surface area contributed by atoms with E-state index >= 15 is 0 Å². The number of nitrogens with one attached hydrogen (secondary N) is 1. The molecule has 90 valence electrons. The number of ether oxygens (including phenoxy) is 1. The summed E-state index contributed by atoms with van der Waals surface area (Å²) >= 11 is 0. The van der Waals surface area contributed by atoms with Crippen molar-refractivity contribution in [3.63, 3.8) is 0 Å². The molecule has 1 N–H and O–H groups in total. The van der Waals surface area contributed by atoms with Crippen LogP contribution in [0.5, 0.6) is 0 Å². The lowest BCUT2D eigenvalue weighted by atomic mass is 10.2. The van der Waals surface area contributed by atoms with Crippen LogP contribution in [-0.4, -0.2) is 26.2 Å². The van der Waals surface area contributed by atoms with Gasteiger partial charge in [0.05, 0.1) is 0 Å². The molecule has 0 atom stereocenters. The lowest BCUT2D eigenvalue weighted by molar-refractivity contribution is 0.0923. The van der Waals surface area contributed by atoms with E-state index in [1.165, 1.54) is 0 Å². The Morgan fingerprint density at radius 2 is 2.24 bits per heavy atom. The van der Waals surface area contributed by atoms with Crippen molar-refractivity contribution in [1.82, 2.24) is 5.32 Å². The van der Waals surface area contributed by atoms with Gasteiger partial charge in [-0.3, -0.25) is 4.79 Å². The van der Waals surface area contributed by atoms with Gasteiger partial charge in [0, 0.05) is 25.6 Å². The van der Waals surface area contributed by atoms with Crippen LogP contribution in [0.1, 0.15) is 17.0 Å². The summed E-state index contributed by atoms with van der Waals surface area (Å²) in [5, 5.41) is 3.72. The zero-order valence-corrected chi connectivity index (χ0v) is 9.73. The fourth-order valence-corrected chi connectivity index (χ4v) is 1.60. The van der Waals surface area contributed by atoms with Crippen LogP contribution in [0.3, 0.4) is 0 Å². The minimum absolute atomic E-state index is 0.183. The average Bonchev–Trinajstić information content (AvgIpc) is 2.78.